The van der Waals surface area contributed by atoms with Crippen LogP contribution in [-0.2, 0) is 42.7 Å². The molecule has 0 aromatic heterocycles. The summed E-state index contributed by atoms with van der Waals surface area (Å²) in [6.07, 6.45) is -17.0. The number of aliphatic hydroxyl groups excluding tert-OH is 9. The summed E-state index contributed by atoms with van der Waals surface area (Å²) in [5.74, 6) is -2.67. The minimum absolute atomic E-state index is 0.0720. The molecule has 18 nitrogen and oxygen atoms in total. The molecule has 3 fully saturated rings. The third kappa shape index (κ3) is 13.5. The second-order valence-electron chi connectivity index (χ2n) is 15.2. The average Bonchev–Trinajstić information content (AvgIpc) is 3.14. The molecule has 18 atom stereocenters. The molecule has 9 N–H and O–H groups in total. The summed E-state index contributed by atoms with van der Waals surface area (Å²) in [6.45, 7) is 6.97. The summed E-state index contributed by atoms with van der Waals surface area (Å²) < 4.78 is 40.6. The van der Waals surface area contributed by atoms with Crippen molar-refractivity contribution < 1.29 is 88.7 Å². The highest BCUT2D eigenvalue weighted by Crippen LogP contribution is 2.35. The van der Waals surface area contributed by atoms with Crippen molar-refractivity contribution in [3.05, 3.63) is 0 Å². The van der Waals surface area contributed by atoms with Crippen LogP contribution in [0.25, 0.3) is 0 Å². The first-order valence-electron chi connectivity index (χ1n) is 19.7. The summed E-state index contributed by atoms with van der Waals surface area (Å²) in [5.41, 5.74) is 0. The first kappa shape index (κ1) is 47.8. The lowest BCUT2D eigenvalue weighted by Crippen LogP contribution is -2.67. The van der Waals surface area contributed by atoms with Crippen LogP contribution in [0.4, 0.5) is 0 Å². The van der Waals surface area contributed by atoms with Gasteiger partial charge in [0.2, 0.25) is 0 Å². The zero-order chi connectivity index (χ0) is 41.0. The Morgan fingerprint density at radius 2 is 1.24 bits per heavy atom. The summed E-state index contributed by atoms with van der Waals surface area (Å²) in [4.78, 5) is 26.6. The minimum Gasteiger partial charge on any atom is -0.456 e. The maximum atomic E-state index is 13.5. The average molecular weight is 799 g/mol. The molecule has 3 saturated heterocycles. The monoisotopic (exact) mass is 798 g/mol. The van der Waals surface area contributed by atoms with Crippen LogP contribution in [0.3, 0.4) is 0 Å². The predicted molar refractivity (Wildman–Crippen MR) is 189 cm³/mol. The lowest BCUT2D eigenvalue weighted by molar-refractivity contribution is -0.379. The molecule has 1 unspecified atom stereocenters. The summed E-state index contributed by atoms with van der Waals surface area (Å²) in [6, 6.07) is 0. The summed E-state index contributed by atoms with van der Waals surface area (Å²) >= 11 is 0. The van der Waals surface area contributed by atoms with E-state index in [1.165, 1.54) is 27.7 Å². The number of ether oxygens (including phenoxy) is 7. The highest BCUT2D eigenvalue weighted by atomic mass is 16.8. The van der Waals surface area contributed by atoms with Crippen LogP contribution in [0.2, 0.25) is 0 Å². The van der Waals surface area contributed by atoms with Crippen molar-refractivity contribution in [1.29, 1.82) is 0 Å². The van der Waals surface area contributed by atoms with E-state index in [2.05, 4.69) is 0 Å². The Morgan fingerprint density at radius 3 is 1.85 bits per heavy atom. The second-order valence-corrected chi connectivity index (χ2v) is 15.2. The predicted octanol–water partition coefficient (Wildman–Crippen LogP) is -0.727. The van der Waals surface area contributed by atoms with Crippen molar-refractivity contribution in [3.63, 3.8) is 0 Å². The van der Waals surface area contributed by atoms with E-state index < -0.39 is 123 Å². The molecule has 0 radical (unpaired) electrons. The number of carbonyl (C=O) groups excluding carboxylic acids is 2. The Kier molecular flexibility index (Phi) is 20.1. The molecule has 0 spiro atoms. The molecule has 0 aromatic rings. The van der Waals surface area contributed by atoms with Gasteiger partial charge in [-0.2, -0.15) is 0 Å². The molecular formula is C37H66O18. The SMILES string of the molecule is CCC[C@H](O)CCCCCCCCCC(=O)O[C@H]1[C@H](O[C@H]2C(O)O[C@H](CO)[C@@H](O)[C@@H]2O)O[C@@H](C)[C@@H](OC(=O)[C@H](C)[C@@H](C)O)[C@H]1O[C@@H]1O[C@@H](C)[C@H](O)[C@@H](O)[C@H]1O. The Labute approximate surface area is 322 Å². The van der Waals surface area contributed by atoms with Gasteiger partial charge in [-0.1, -0.05) is 51.9 Å². The Balaban J connectivity index is 1.83. The summed E-state index contributed by atoms with van der Waals surface area (Å²) in [7, 11) is 0. The molecule has 0 aromatic carbocycles. The van der Waals surface area contributed by atoms with Crippen LogP contribution < -0.4 is 0 Å². The van der Waals surface area contributed by atoms with Gasteiger partial charge in [0.15, 0.2) is 31.1 Å². The van der Waals surface area contributed by atoms with E-state index in [9.17, 15) is 55.5 Å². The van der Waals surface area contributed by atoms with E-state index in [4.69, 9.17) is 33.2 Å². The van der Waals surface area contributed by atoms with Gasteiger partial charge < -0.3 is 79.1 Å². The van der Waals surface area contributed by atoms with E-state index in [0.29, 0.717) is 12.8 Å². The van der Waals surface area contributed by atoms with Gasteiger partial charge in [0, 0.05) is 6.42 Å². The fraction of sp³-hybridized carbons (Fsp3) is 0.946. The fourth-order valence-corrected chi connectivity index (χ4v) is 6.84. The van der Waals surface area contributed by atoms with Crippen molar-refractivity contribution in [2.24, 2.45) is 5.92 Å². The molecule has 3 aliphatic rings. The van der Waals surface area contributed by atoms with Gasteiger partial charge in [0.1, 0.15) is 48.8 Å². The van der Waals surface area contributed by atoms with E-state index in [-0.39, 0.29) is 12.5 Å². The van der Waals surface area contributed by atoms with Gasteiger partial charge in [0.25, 0.3) is 0 Å². The van der Waals surface area contributed by atoms with Crippen LogP contribution in [0.5, 0.6) is 0 Å². The van der Waals surface area contributed by atoms with Gasteiger partial charge >= 0.3 is 11.9 Å². The number of aliphatic hydroxyl groups is 9. The molecule has 3 aliphatic heterocycles. The van der Waals surface area contributed by atoms with E-state index in [1.807, 2.05) is 6.92 Å². The zero-order valence-corrected chi connectivity index (χ0v) is 32.6. The Bertz CT molecular complexity index is 1130. The number of esters is 2. The van der Waals surface area contributed by atoms with Crippen molar-refractivity contribution in [2.75, 3.05) is 6.61 Å². The van der Waals surface area contributed by atoms with Gasteiger partial charge in [-0.3, -0.25) is 9.59 Å². The molecule has 0 bridgehead atoms. The minimum atomic E-state index is -1.91. The maximum absolute atomic E-state index is 13.5. The van der Waals surface area contributed by atoms with E-state index in [0.717, 1.165) is 51.4 Å². The highest BCUT2D eigenvalue weighted by molar-refractivity contribution is 5.73. The van der Waals surface area contributed by atoms with Crippen LogP contribution >= 0.6 is 0 Å². The Hall–Kier alpha value is -1.62. The third-order valence-corrected chi connectivity index (χ3v) is 10.6. The van der Waals surface area contributed by atoms with Crippen LogP contribution in [0.15, 0.2) is 0 Å². The maximum Gasteiger partial charge on any atom is 0.311 e. The van der Waals surface area contributed by atoms with Gasteiger partial charge in [-0.15, -0.1) is 0 Å². The molecule has 55 heavy (non-hydrogen) atoms. The number of hydrogen-bond acceptors (Lipinski definition) is 18. The summed E-state index contributed by atoms with van der Waals surface area (Å²) in [5, 5.41) is 93.3. The van der Waals surface area contributed by atoms with Crippen LogP contribution in [0.1, 0.15) is 105 Å². The number of unbranched alkanes of at least 4 members (excludes halogenated alkanes) is 6. The molecule has 0 amide bonds. The van der Waals surface area contributed by atoms with E-state index in [1.54, 1.807) is 0 Å². The van der Waals surface area contributed by atoms with Crippen LogP contribution in [0, 0.1) is 5.92 Å². The zero-order valence-electron chi connectivity index (χ0n) is 32.6. The molecule has 3 heterocycles. The van der Waals surface area contributed by atoms with E-state index >= 15 is 0 Å². The largest absolute Gasteiger partial charge is 0.456 e. The van der Waals surface area contributed by atoms with Gasteiger partial charge in [-0.25, -0.2) is 0 Å². The molecule has 322 valence electrons. The first-order chi connectivity index (χ1) is 26.0. The van der Waals surface area contributed by atoms with Crippen molar-refractivity contribution in [3.8, 4) is 0 Å². The lowest BCUT2D eigenvalue weighted by Gasteiger charge is -2.49. The molecular weight excluding hydrogens is 732 g/mol. The first-order valence-corrected chi connectivity index (χ1v) is 19.7. The molecule has 0 aliphatic carbocycles. The number of rotatable bonds is 21. The molecule has 18 heteroatoms. The smallest absolute Gasteiger partial charge is 0.311 e. The van der Waals surface area contributed by atoms with Crippen molar-refractivity contribution in [1.82, 2.24) is 0 Å². The van der Waals surface area contributed by atoms with Gasteiger partial charge in [0.05, 0.1) is 36.9 Å². The fourth-order valence-electron chi connectivity index (χ4n) is 6.84. The van der Waals surface area contributed by atoms with Gasteiger partial charge in [-0.05, 0) is 47.0 Å². The van der Waals surface area contributed by atoms with Crippen LogP contribution in [-0.4, -0.2) is 169 Å². The number of carbonyl (C=O) groups is 2. The number of hydrogen-bond donors (Lipinski definition) is 9. The van der Waals surface area contributed by atoms with Crippen molar-refractivity contribution in [2.45, 2.75) is 210 Å². The third-order valence-electron chi connectivity index (χ3n) is 10.6. The normalized spacial score (nSPS) is 38.5. The van der Waals surface area contributed by atoms with Crippen molar-refractivity contribution >= 4 is 11.9 Å². The topological polar surface area (TPSA) is 281 Å². The quantitative estimate of drug-likeness (QED) is 0.0511. The molecule has 3 rings (SSSR count). The Morgan fingerprint density at radius 1 is 0.636 bits per heavy atom. The lowest BCUT2D eigenvalue weighted by atomic mass is 9.96. The highest BCUT2D eigenvalue weighted by Gasteiger charge is 2.56. The molecule has 0 saturated carbocycles. The second kappa shape index (κ2) is 23.1. The standard InChI is InChI=1S/C37H66O18/c1-6-14-22(40)15-12-10-8-7-9-11-13-16-24(41)52-33-32(55-36-29(46)27(44)25(42)20(4)49-36)30(53-34(47)18(2)19(3)39)21(5)50-37(33)54-31-28(45)26(43)23(17-38)51-35(31)48/h18-23,25-33,35-40,42-46,48H,6-17H2,1-5H3/t18-,19-,20+,21+,22+,23-,25+,26-,27-,28+,29-,30-,31-,32-,33-,35?,36+,37+/m1/s1.